The Hall–Kier alpha value is -1.35. The van der Waals surface area contributed by atoms with Crippen molar-refractivity contribution in [3.8, 4) is 0 Å². The molecule has 3 nitrogen and oxygen atoms in total. The minimum atomic E-state index is -0.931. The van der Waals surface area contributed by atoms with Crippen molar-refractivity contribution in [1.29, 1.82) is 0 Å². The van der Waals surface area contributed by atoms with Crippen LogP contribution < -0.4 is 5.73 Å². The highest BCUT2D eigenvalue weighted by molar-refractivity contribution is 5.73. The fourth-order valence-electron chi connectivity index (χ4n) is 1.66. The van der Waals surface area contributed by atoms with Crippen LogP contribution in [0.5, 0.6) is 0 Å². The predicted octanol–water partition coefficient (Wildman–Crippen LogP) is 1.65. The van der Waals surface area contributed by atoms with Crippen LogP contribution in [0.3, 0.4) is 0 Å². The van der Waals surface area contributed by atoms with Crippen LogP contribution in [0.25, 0.3) is 0 Å². The highest BCUT2D eigenvalue weighted by atomic mass is 16.4. The van der Waals surface area contributed by atoms with E-state index in [2.05, 4.69) is 18.2 Å². The Morgan fingerprint density at radius 1 is 1.33 bits per heavy atom. The van der Waals surface area contributed by atoms with Gasteiger partial charge in [0, 0.05) is 0 Å². The normalized spacial score (nSPS) is 12.5. The zero-order valence-electron chi connectivity index (χ0n) is 9.16. The number of aliphatic carboxylic acids is 1. The van der Waals surface area contributed by atoms with Gasteiger partial charge in [0.1, 0.15) is 6.04 Å². The molecule has 1 unspecified atom stereocenters. The predicted molar refractivity (Wildman–Crippen MR) is 59.8 cm³/mol. The zero-order chi connectivity index (χ0) is 11.4. The standard InChI is InChI=1S/C12H17NO2/c1-8-5-9(2)7-10(6-8)3-4-11(13)12(14)15/h5-7,11H,3-4,13H2,1-2H3,(H,14,15). The molecule has 0 spiro atoms. The molecule has 1 aromatic rings. The monoisotopic (exact) mass is 207 g/mol. The number of carbonyl (C=O) groups is 1. The van der Waals surface area contributed by atoms with Crippen LogP contribution in [0.15, 0.2) is 18.2 Å². The van der Waals surface area contributed by atoms with Gasteiger partial charge in [-0.2, -0.15) is 0 Å². The number of carboxylic acid groups (broad SMARTS) is 1. The first-order valence-corrected chi connectivity index (χ1v) is 5.04. The Kier molecular flexibility index (Phi) is 3.86. The van der Waals surface area contributed by atoms with Crippen molar-refractivity contribution in [2.75, 3.05) is 0 Å². The molecule has 0 aliphatic carbocycles. The lowest BCUT2D eigenvalue weighted by atomic mass is 10.0. The number of aryl methyl sites for hydroxylation is 3. The molecule has 82 valence electrons. The minimum Gasteiger partial charge on any atom is -0.480 e. The topological polar surface area (TPSA) is 63.3 Å². The average Bonchev–Trinajstić information content (AvgIpc) is 2.12. The summed E-state index contributed by atoms with van der Waals surface area (Å²) in [4.78, 5) is 10.5. The van der Waals surface area contributed by atoms with E-state index in [1.54, 1.807) is 0 Å². The smallest absolute Gasteiger partial charge is 0.320 e. The van der Waals surface area contributed by atoms with Gasteiger partial charge in [0.25, 0.3) is 0 Å². The van der Waals surface area contributed by atoms with Gasteiger partial charge in [-0.25, -0.2) is 0 Å². The van der Waals surface area contributed by atoms with Crippen molar-refractivity contribution in [1.82, 2.24) is 0 Å². The maximum absolute atomic E-state index is 10.5. The molecule has 15 heavy (non-hydrogen) atoms. The highest BCUT2D eigenvalue weighted by Gasteiger charge is 2.10. The average molecular weight is 207 g/mol. The van der Waals surface area contributed by atoms with Crippen molar-refractivity contribution in [3.63, 3.8) is 0 Å². The van der Waals surface area contributed by atoms with E-state index in [1.165, 1.54) is 11.1 Å². The Morgan fingerprint density at radius 3 is 2.33 bits per heavy atom. The Bertz CT molecular complexity index is 340. The molecule has 1 aromatic carbocycles. The molecule has 0 aliphatic rings. The molecule has 0 saturated carbocycles. The van der Waals surface area contributed by atoms with Crippen LogP contribution in [0.1, 0.15) is 23.1 Å². The lowest BCUT2D eigenvalue weighted by Gasteiger charge is -2.07. The van der Waals surface area contributed by atoms with Crippen molar-refractivity contribution < 1.29 is 9.90 Å². The molecule has 1 rings (SSSR count). The largest absolute Gasteiger partial charge is 0.480 e. The first-order chi connectivity index (χ1) is 6.99. The van der Waals surface area contributed by atoms with Crippen LogP contribution >= 0.6 is 0 Å². The van der Waals surface area contributed by atoms with Crippen LogP contribution in [-0.4, -0.2) is 17.1 Å². The van der Waals surface area contributed by atoms with Gasteiger partial charge in [-0.15, -0.1) is 0 Å². The number of benzene rings is 1. The third kappa shape index (κ3) is 3.72. The first kappa shape index (κ1) is 11.7. The number of rotatable bonds is 4. The number of hydrogen-bond acceptors (Lipinski definition) is 2. The second-order valence-electron chi connectivity index (χ2n) is 3.98. The quantitative estimate of drug-likeness (QED) is 0.789. The van der Waals surface area contributed by atoms with E-state index >= 15 is 0 Å². The van der Waals surface area contributed by atoms with E-state index in [0.29, 0.717) is 6.42 Å². The van der Waals surface area contributed by atoms with Gasteiger partial charge < -0.3 is 10.8 Å². The molecule has 0 heterocycles. The van der Waals surface area contributed by atoms with Gasteiger partial charge in [-0.3, -0.25) is 4.79 Å². The van der Waals surface area contributed by atoms with Crippen molar-refractivity contribution in [2.24, 2.45) is 5.73 Å². The van der Waals surface area contributed by atoms with Crippen molar-refractivity contribution in [2.45, 2.75) is 32.7 Å². The number of nitrogens with two attached hydrogens (primary N) is 1. The summed E-state index contributed by atoms with van der Waals surface area (Å²) in [5, 5.41) is 8.64. The highest BCUT2D eigenvalue weighted by Crippen LogP contribution is 2.11. The molecule has 3 N–H and O–H groups in total. The molecular formula is C12H17NO2. The minimum absolute atomic E-state index is 0.484. The lowest BCUT2D eigenvalue weighted by molar-refractivity contribution is -0.138. The van der Waals surface area contributed by atoms with Crippen LogP contribution in [0.2, 0.25) is 0 Å². The zero-order valence-corrected chi connectivity index (χ0v) is 9.16. The molecule has 3 heteroatoms. The maximum atomic E-state index is 10.5. The molecule has 1 atom stereocenters. The van der Waals surface area contributed by atoms with Crippen LogP contribution in [-0.2, 0) is 11.2 Å². The van der Waals surface area contributed by atoms with Gasteiger partial charge in [0.2, 0.25) is 0 Å². The summed E-state index contributed by atoms with van der Waals surface area (Å²) in [6.07, 6.45) is 1.20. The van der Waals surface area contributed by atoms with E-state index < -0.39 is 12.0 Å². The Morgan fingerprint density at radius 2 is 1.87 bits per heavy atom. The molecule has 0 bridgehead atoms. The van der Waals surface area contributed by atoms with E-state index in [9.17, 15) is 4.79 Å². The Labute approximate surface area is 89.9 Å². The van der Waals surface area contributed by atoms with E-state index in [1.807, 2.05) is 13.8 Å². The third-order valence-corrected chi connectivity index (χ3v) is 2.34. The lowest BCUT2D eigenvalue weighted by Crippen LogP contribution is -2.30. The molecule has 0 saturated heterocycles. The summed E-state index contributed by atoms with van der Waals surface area (Å²) in [5.41, 5.74) is 9.00. The van der Waals surface area contributed by atoms with Crippen LogP contribution in [0, 0.1) is 13.8 Å². The van der Waals surface area contributed by atoms with Crippen molar-refractivity contribution >= 4 is 5.97 Å². The van der Waals surface area contributed by atoms with Gasteiger partial charge in [-0.05, 0) is 32.3 Å². The summed E-state index contributed by atoms with van der Waals surface area (Å²) in [5.74, 6) is -0.931. The molecule has 0 aromatic heterocycles. The maximum Gasteiger partial charge on any atom is 0.320 e. The molecular weight excluding hydrogens is 190 g/mol. The van der Waals surface area contributed by atoms with Gasteiger partial charge in [-0.1, -0.05) is 29.3 Å². The van der Waals surface area contributed by atoms with Crippen LogP contribution in [0.4, 0.5) is 0 Å². The Balaban J connectivity index is 2.61. The summed E-state index contributed by atoms with van der Waals surface area (Å²) < 4.78 is 0. The summed E-state index contributed by atoms with van der Waals surface area (Å²) in [6, 6.07) is 5.48. The number of carboxylic acids is 1. The van der Waals surface area contributed by atoms with Gasteiger partial charge in [0.05, 0.1) is 0 Å². The first-order valence-electron chi connectivity index (χ1n) is 5.04. The molecule has 0 radical (unpaired) electrons. The van der Waals surface area contributed by atoms with Gasteiger partial charge in [0.15, 0.2) is 0 Å². The summed E-state index contributed by atoms with van der Waals surface area (Å²) in [6.45, 7) is 4.07. The second kappa shape index (κ2) is 4.94. The third-order valence-electron chi connectivity index (χ3n) is 2.34. The number of hydrogen-bond donors (Lipinski definition) is 2. The SMILES string of the molecule is Cc1cc(C)cc(CCC(N)C(=O)O)c1. The van der Waals surface area contributed by atoms with E-state index in [0.717, 1.165) is 12.0 Å². The van der Waals surface area contributed by atoms with E-state index in [-0.39, 0.29) is 0 Å². The molecule has 0 aliphatic heterocycles. The summed E-state index contributed by atoms with van der Waals surface area (Å²) in [7, 11) is 0. The van der Waals surface area contributed by atoms with Gasteiger partial charge >= 0.3 is 5.97 Å². The van der Waals surface area contributed by atoms with E-state index in [4.69, 9.17) is 10.8 Å². The molecule has 0 amide bonds. The molecule has 0 fully saturated rings. The second-order valence-corrected chi connectivity index (χ2v) is 3.98. The summed E-state index contributed by atoms with van der Waals surface area (Å²) >= 11 is 0. The van der Waals surface area contributed by atoms with Crippen molar-refractivity contribution in [3.05, 3.63) is 34.9 Å². The fraction of sp³-hybridized carbons (Fsp3) is 0.417. The fourth-order valence-corrected chi connectivity index (χ4v) is 1.66.